The third-order valence-corrected chi connectivity index (χ3v) is 6.44. The molecule has 0 aliphatic heterocycles. The Morgan fingerprint density at radius 3 is 2.31 bits per heavy atom. The van der Waals surface area contributed by atoms with Gasteiger partial charge in [-0.25, -0.2) is 8.42 Å². The lowest BCUT2D eigenvalue weighted by Crippen LogP contribution is -2.50. The van der Waals surface area contributed by atoms with Crippen LogP contribution >= 0.6 is 11.6 Å². The SMILES string of the molecule is CNC(=O)[C@H](C)N(Cc1ccccc1Cl)C(=O)CN(c1cccc(C(C)=O)c1)S(C)(=O)=O. The van der Waals surface area contributed by atoms with Gasteiger partial charge in [0.1, 0.15) is 12.6 Å². The minimum Gasteiger partial charge on any atom is -0.357 e. The normalized spacial score (nSPS) is 12.0. The molecule has 172 valence electrons. The molecule has 0 aromatic heterocycles. The lowest BCUT2D eigenvalue weighted by molar-refractivity contribution is -0.139. The van der Waals surface area contributed by atoms with Crippen molar-refractivity contribution in [3.63, 3.8) is 0 Å². The Hall–Kier alpha value is -2.91. The topological polar surface area (TPSA) is 104 Å². The van der Waals surface area contributed by atoms with Crippen LogP contribution in [0.25, 0.3) is 0 Å². The van der Waals surface area contributed by atoms with Gasteiger partial charge in [-0.2, -0.15) is 0 Å². The van der Waals surface area contributed by atoms with Gasteiger partial charge in [0.15, 0.2) is 5.78 Å². The van der Waals surface area contributed by atoms with E-state index in [4.69, 9.17) is 11.6 Å². The first kappa shape index (κ1) is 25.4. The molecule has 0 spiro atoms. The highest BCUT2D eigenvalue weighted by Crippen LogP contribution is 2.22. The first-order valence-corrected chi connectivity index (χ1v) is 12.0. The van der Waals surface area contributed by atoms with Crippen LogP contribution < -0.4 is 9.62 Å². The van der Waals surface area contributed by atoms with Gasteiger partial charge >= 0.3 is 0 Å². The van der Waals surface area contributed by atoms with E-state index in [0.717, 1.165) is 10.6 Å². The lowest BCUT2D eigenvalue weighted by Gasteiger charge is -2.31. The number of ketones is 1. The van der Waals surface area contributed by atoms with Crippen molar-refractivity contribution in [1.29, 1.82) is 0 Å². The molecule has 0 unspecified atom stereocenters. The van der Waals surface area contributed by atoms with Gasteiger partial charge < -0.3 is 10.2 Å². The van der Waals surface area contributed by atoms with Gasteiger partial charge in [-0.1, -0.05) is 41.9 Å². The molecule has 1 atom stereocenters. The van der Waals surface area contributed by atoms with E-state index in [0.29, 0.717) is 16.1 Å². The molecule has 32 heavy (non-hydrogen) atoms. The largest absolute Gasteiger partial charge is 0.357 e. The van der Waals surface area contributed by atoms with Gasteiger partial charge in [-0.15, -0.1) is 0 Å². The van der Waals surface area contributed by atoms with Crippen LogP contribution in [0.5, 0.6) is 0 Å². The number of nitrogens with one attached hydrogen (secondary N) is 1. The minimum absolute atomic E-state index is 0.0121. The first-order valence-electron chi connectivity index (χ1n) is 9.79. The fourth-order valence-corrected chi connectivity index (χ4v) is 4.13. The third kappa shape index (κ3) is 6.30. The fraction of sp³-hybridized carbons (Fsp3) is 0.318. The number of benzene rings is 2. The van der Waals surface area contributed by atoms with Gasteiger partial charge in [-0.05, 0) is 37.6 Å². The highest BCUT2D eigenvalue weighted by atomic mass is 35.5. The molecule has 1 N–H and O–H groups in total. The summed E-state index contributed by atoms with van der Waals surface area (Å²) in [6.07, 6.45) is 0.974. The molecule has 0 aliphatic rings. The summed E-state index contributed by atoms with van der Waals surface area (Å²) in [4.78, 5) is 38.6. The summed E-state index contributed by atoms with van der Waals surface area (Å²) in [6, 6.07) is 12.0. The smallest absolute Gasteiger partial charge is 0.244 e. The maximum absolute atomic E-state index is 13.3. The van der Waals surface area contributed by atoms with E-state index in [1.807, 2.05) is 0 Å². The van der Waals surface area contributed by atoms with Gasteiger partial charge in [0, 0.05) is 24.2 Å². The number of nitrogens with zero attached hydrogens (tertiary/aromatic N) is 2. The monoisotopic (exact) mass is 479 g/mol. The van der Waals surface area contributed by atoms with Gasteiger partial charge in [-0.3, -0.25) is 18.7 Å². The van der Waals surface area contributed by atoms with Crippen molar-refractivity contribution < 1.29 is 22.8 Å². The summed E-state index contributed by atoms with van der Waals surface area (Å²) in [5.41, 5.74) is 1.11. The average molecular weight is 480 g/mol. The van der Waals surface area contributed by atoms with E-state index >= 15 is 0 Å². The molecular weight excluding hydrogens is 454 g/mol. The Labute approximate surface area is 193 Å². The van der Waals surface area contributed by atoms with Crippen LogP contribution in [0.15, 0.2) is 48.5 Å². The number of hydrogen-bond donors (Lipinski definition) is 1. The molecule has 0 heterocycles. The van der Waals surface area contributed by atoms with E-state index in [1.54, 1.807) is 43.3 Å². The summed E-state index contributed by atoms with van der Waals surface area (Å²) < 4.78 is 25.9. The molecule has 2 aromatic carbocycles. The standard InChI is InChI=1S/C22H26ClN3O5S/c1-15(22(29)24-3)25(13-18-8-5-6-11-20(18)23)21(28)14-26(32(4,30)31)19-10-7-9-17(12-19)16(2)27/h5-12,15H,13-14H2,1-4H3,(H,24,29)/t15-/m0/s1. The van der Waals surface area contributed by atoms with Crippen molar-refractivity contribution in [2.24, 2.45) is 0 Å². The van der Waals surface area contributed by atoms with Crippen LogP contribution in [0.1, 0.15) is 29.8 Å². The highest BCUT2D eigenvalue weighted by Gasteiger charge is 2.30. The molecule has 0 saturated heterocycles. The van der Waals surface area contributed by atoms with E-state index in [9.17, 15) is 22.8 Å². The fourth-order valence-electron chi connectivity index (χ4n) is 3.10. The Kier molecular flexibility index (Phi) is 8.40. The Morgan fingerprint density at radius 2 is 1.75 bits per heavy atom. The summed E-state index contributed by atoms with van der Waals surface area (Å²) in [5.74, 6) is -1.24. The van der Waals surface area contributed by atoms with E-state index in [2.05, 4.69) is 5.32 Å². The first-order chi connectivity index (χ1) is 15.0. The molecule has 8 nitrogen and oxygen atoms in total. The second-order valence-electron chi connectivity index (χ2n) is 7.28. The van der Waals surface area contributed by atoms with E-state index in [-0.39, 0.29) is 18.0 Å². The molecule has 2 rings (SSSR count). The maximum Gasteiger partial charge on any atom is 0.244 e. The Balaban J connectivity index is 2.43. The van der Waals surface area contributed by atoms with Crippen LogP contribution in [0, 0.1) is 0 Å². The number of Topliss-reactive ketones (excluding diaryl/α,β-unsaturated/α-hetero) is 1. The van der Waals surface area contributed by atoms with Crippen LogP contribution in [0.2, 0.25) is 5.02 Å². The zero-order valence-electron chi connectivity index (χ0n) is 18.3. The van der Waals surface area contributed by atoms with Crippen molar-refractivity contribution in [2.45, 2.75) is 26.4 Å². The van der Waals surface area contributed by atoms with Crippen molar-refractivity contribution in [3.05, 3.63) is 64.7 Å². The summed E-state index contributed by atoms with van der Waals surface area (Å²) in [6.45, 7) is 2.38. The molecular formula is C22H26ClN3O5S. The third-order valence-electron chi connectivity index (χ3n) is 4.93. The molecule has 2 aromatic rings. The second kappa shape index (κ2) is 10.6. The summed E-state index contributed by atoms with van der Waals surface area (Å²) in [5, 5.41) is 2.92. The van der Waals surface area contributed by atoms with Crippen molar-refractivity contribution >= 4 is 44.9 Å². The summed E-state index contributed by atoms with van der Waals surface area (Å²) in [7, 11) is -2.42. The molecule has 0 saturated carbocycles. The number of amides is 2. The zero-order valence-corrected chi connectivity index (χ0v) is 19.9. The van der Waals surface area contributed by atoms with Crippen molar-refractivity contribution in [3.8, 4) is 0 Å². The van der Waals surface area contributed by atoms with Gasteiger partial charge in [0.25, 0.3) is 0 Å². The maximum atomic E-state index is 13.3. The van der Waals surface area contributed by atoms with Gasteiger partial charge in [0.05, 0.1) is 11.9 Å². The highest BCUT2D eigenvalue weighted by molar-refractivity contribution is 7.92. The molecule has 10 heteroatoms. The van der Waals surface area contributed by atoms with E-state index < -0.39 is 34.4 Å². The lowest BCUT2D eigenvalue weighted by atomic mass is 10.1. The van der Waals surface area contributed by atoms with Gasteiger partial charge in [0.2, 0.25) is 21.8 Å². The number of carbonyl (C=O) groups is 3. The number of hydrogen-bond acceptors (Lipinski definition) is 5. The number of likely N-dealkylation sites (N-methyl/N-ethyl adjacent to an activating group) is 1. The van der Waals surface area contributed by atoms with Crippen LogP contribution in [-0.2, 0) is 26.2 Å². The quantitative estimate of drug-likeness (QED) is 0.556. The van der Waals surface area contributed by atoms with Crippen LogP contribution in [0.4, 0.5) is 5.69 Å². The van der Waals surface area contributed by atoms with Crippen LogP contribution in [0.3, 0.4) is 0 Å². The average Bonchev–Trinajstić information content (AvgIpc) is 2.74. The second-order valence-corrected chi connectivity index (χ2v) is 9.59. The van der Waals surface area contributed by atoms with E-state index in [1.165, 1.54) is 31.0 Å². The van der Waals surface area contributed by atoms with Crippen LogP contribution in [-0.4, -0.2) is 56.8 Å². The number of rotatable bonds is 9. The molecule has 2 amide bonds. The number of anilines is 1. The molecule has 0 fully saturated rings. The Morgan fingerprint density at radius 1 is 1.09 bits per heavy atom. The number of carbonyl (C=O) groups excluding carboxylic acids is 3. The minimum atomic E-state index is -3.87. The summed E-state index contributed by atoms with van der Waals surface area (Å²) >= 11 is 6.24. The molecule has 0 radical (unpaired) electrons. The predicted octanol–water partition coefficient (Wildman–Crippen LogP) is 2.47. The van der Waals surface area contributed by atoms with Crippen molar-refractivity contribution in [2.75, 3.05) is 24.2 Å². The predicted molar refractivity (Wildman–Crippen MR) is 124 cm³/mol. The molecule has 0 bridgehead atoms. The Bertz CT molecular complexity index is 1120. The molecule has 0 aliphatic carbocycles. The number of sulfonamides is 1. The van der Waals surface area contributed by atoms with Crippen molar-refractivity contribution in [1.82, 2.24) is 10.2 Å². The number of halogens is 1. The zero-order chi connectivity index (χ0) is 24.1.